The highest BCUT2D eigenvalue weighted by atomic mass is 32.2. The largest absolute Gasteiger partial charge is 0.323 e. The molecule has 148 valence electrons. The second-order valence-electron chi connectivity index (χ2n) is 6.57. The van der Waals surface area contributed by atoms with Crippen LogP contribution in [0.3, 0.4) is 0 Å². The fourth-order valence-electron chi connectivity index (χ4n) is 3.10. The van der Waals surface area contributed by atoms with Crippen LogP contribution in [0.1, 0.15) is 12.0 Å². The minimum Gasteiger partial charge on any atom is -0.323 e. The molecule has 8 heteroatoms. The molecule has 0 radical (unpaired) electrons. The summed E-state index contributed by atoms with van der Waals surface area (Å²) in [5.74, 6) is -0.0437. The molecule has 2 aromatic carbocycles. The molecule has 0 spiro atoms. The predicted molar refractivity (Wildman–Crippen MR) is 117 cm³/mol. The minimum atomic E-state index is -3.18. The van der Waals surface area contributed by atoms with Gasteiger partial charge in [-0.3, -0.25) is 9.10 Å². The topological polar surface area (TPSA) is 79.4 Å². The van der Waals surface area contributed by atoms with Crippen LogP contribution in [0.5, 0.6) is 0 Å². The van der Waals surface area contributed by atoms with Crippen LogP contribution in [0.25, 0.3) is 16.6 Å². The van der Waals surface area contributed by atoms with Crippen LogP contribution in [0.4, 0.5) is 11.4 Å². The van der Waals surface area contributed by atoms with E-state index < -0.39 is 10.0 Å². The lowest BCUT2D eigenvalue weighted by Crippen LogP contribution is -2.24. The van der Waals surface area contributed by atoms with Gasteiger partial charge in [-0.2, -0.15) is 0 Å². The van der Waals surface area contributed by atoms with Crippen molar-refractivity contribution in [2.24, 2.45) is 0 Å². The molecule has 2 heterocycles. The van der Waals surface area contributed by atoms with E-state index in [1.54, 1.807) is 47.9 Å². The van der Waals surface area contributed by atoms with Crippen LogP contribution in [-0.2, 0) is 14.8 Å². The first-order chi connectivity index (χ1) is 14.0. The van der Waals surface area contributed by atoms with Gasteiger partial charge in [0.05, 0.1) is 11.4 Å². The van der Waals surface area contributed by atoms with E-state index in [1.807, 2.05) is 29.6 Å². The Kier molecular flexibility index (Phi) is 5.46. The van der Waals surface area contributed by atoms with Gasteiger partial charge in [0.1, 0.15) is 5.01 Å². The summed E-state index contributed by atoms with van der Waals surface area (Å²) in [5, 5.41) is 5.68. The molecule has 0 atom stereocenters. The summed E-state index contributed by atoms with van der Waals surface area (Å²) < 4.78 is 25.4. The van der Waals surface area contributed by atoms with E-state index in [4.69, 9.17) is 0 Å². The van der Waals surface area contributed by atoms with Gasteiger partial charge in [-0.1, -0.05) is 12.1 Å². The van der Waals surface area contributed by atoms with Crippen LogP contribution in [0, 0.1) is 0 Å². The van der Waals surface area contributed by atoms with E-state index in [2.05, 4.69) is 10.3 Å². The SMILES string of the molecule is O=C(/C=C/c1ccc(N2CCCS2(=O)=O)cc1)Nc1ccc(-c2nccs2)cc1. The number of anilines is 2. The number of thiazole rings is 1. The third kappa shape index (κ3) is 4.55. The summed E-state index contributed by atoms with van der Waals surface area (Å²) in [4.78, 5) is 16.4. The van der Waals surface area contributed by atoms with Crippen molar-refractivity contribution in [2.75, 3.05) is 21.9 Å². The van der Waals surface area contributed by atoms with E-state index >= 15 is 0 Å². The van der Waals surface area contributed by atoms with Gasteiger partial charge in [0.15, 0.2) is 0 Å². The Bertz CT molecular complexity index is 1120. The summed E-state index contributed by atoms with van der Waals surface area (Å²) in [6, 6.07) is 14.6. The van der Waals surface area contributed by atoms with Crippen LogP contribution in [0.15, 0.2) is 66.2 Å². The van der Waals surface area contributed by atoms with Crippen LogP contribution in [0.2, 0.25) is 0 Å². The molecule has 0 bridgehead atoms. The molecule has 1 aromatic heterocycles. The quantitative estimate of drug-likeness (QED) is 0.627. The number of aromatic nitrogens is 1. The summed E-state index contributed by atoms with van der Waals surface area (Å²) in [7, 11) is -3.18. The van der Waals surface area contributed by atoms with E-state index in [1.165, 1.54) is 10.4 Å². The van der Waals surface area contributed by atoms with Crippen molar-refractivity contribution >= 4 is 44.7 Å². The van der Waals surface area contributed by atoms with Crippen molar-refractivity contribution < 1.29 is 13.2 Å². The Labute approximate surface area is 173 Å². The number of rotatable bonds is 5. The maximum Gasteiger partial charge on any atom is 0.248 e. The van der Waals surface area contributed by atoms with Gasteiger partial charge in [-0.25, -0.2) is 13.4 Å². The van der Waals surface area contributed by atoms with Gasteiger partial charge < -0.3 is 5.32 Å². The first-order valence-corrected chi connectivity index (χ1v) is 11.6. The Balaban J connectivity index is 1.37. The molecule has 0 aliphatic carbocycles. The van der Waals surface area contributed by atoms with Gasteiger partial charge in [-0.15, -0.1) is 11.3 Å². The number of hydrogen-bond acceptors (Lipinski definition) is 5. The van der Waals surface area contributed by atoms with Gasteiger partial charge in [-0.05, 0) is 54.5 Å². The number of carbonyl (C=O) groups is 1. The zero-order valence-corrected chi connectivity index (χ0v) is 17.1. The number of sulfonamides is 1. The van der Waals surface area contributed by atoms with Gasteiger partial charge in [0.2, 0.25) is 15.9 Å². The highest BCUT2D eigenvalue weighted by molar-refractivity contribution is 7.93. The molecule has 0 unspecified atom stereocenters. The van der Waals surface area contributed by atoms with E-state index in [9.17, 15) is 13.2 Å². The molecule has 1 fully saturated rings. The molecule has 0 saturated carbocycles. The Hall–Kier alpha value is -2.97. The number of nitrogens with one attached hydrogen (secondary N) is 1. The molecule has 3 aromatic rings. The average molecular weight is 426 g/mol. The van der Waals surface area contributed by atoms with E-state index in [-0.39, 0.29) is 11.7 Å². The molecule has 1 saturated heterocycles. The van der Waals surface area contributed by atoms with E-state index in [0.717, 1.165) is 16.1 Å². The number of amides is 1. The number of hydrogen-bond donors (Lipinski definition) is 1. The normalized spacial score (nSPS) is 15.7. The number of nitrogens with zero attached hydrogens (tertiary/aromatic N) is 2. The monoisotopic (exact) mass is 425 g/mol. The zero-order valence-electron chi connectivity index (χ0n) is 15.5. The lowest BCUT2D eigenvalue weighted by atomic mass is 10.2. The second-order valence-corrected chi connectivity index (χ2v) is 9.48. The third-order valence-corrected chi connectivity index (χ3v) is 7.23. The second kappa shape index (κ2) is 8.18. The molecule has 29 heavy (non-hydrogen) atoms. The standard InChI is InChI=1S/C21H19N3O3S2/c25-20(23-18-7-5-17(6-8-18)21-22-12-14-28-21)11-4-16-2-9-19(10-3-16)24-13-1-15-29(24,26)27/h2-12,14H,1,13,15H2,(H,23,25)/b11-4+. The maximum atomic E-state index is 12.2. The fourth-order valence-corrected chi connectivity index (χ4v) is 5.31. The summed E-state index contributed by atoms with van der Waals surface area (Å²) in [5.41, 5.74) is 3.19. The Morgan fingerprint density at radius 1 is 1.10 bits per heavy atom. The summed E-state index contributed by atoms with van der Waals surface area (Å²) in [6.45, 7) is 0.515. The zero-order chi connectivity index (χ0) is 20.3. The average Bonchev–Trinajstić information content (AvgIpc) is 3.37. The smallest absolute Gasteiger partial charge is 0.248 e. The lowest BCUT2D eigenvalue weighted by Gasteiger charge is -2.16. The highest BCUT2D eigenvalue weighted by Crippen LogP contribution is 2.25. The molecule has 1 N–H and O–H groups in total. The molecule has 6 nitrogen and oxygen atoms in total. The highest BCUT2D eigenvalue weighted by Gasteiger charge is 2.28. The number of benzene rings is 2. The van der Waals surface area contributed by atoms with E-state index in [0.29, 0.717) is 24.3 Å². The van der Waals surface area contributed by atoms with Gasteiger partial charge in [0.25, 0.3) is 0 Å². The Morgan fingerprint density at radius 2 is 1.86 bits per heavy atom. The van der Waals surface area contributed by atoms with Crippen molar-refractivity contribution in [3.05, 3.63) is 71.7 Å². The number of carbonyl (C=O) groups excluding carboxylic acids is 1. The van der Waals surface area contributed by atoms with Crippen molar-refractivity contribution in [1.29, 1.82) is 0 Å². The maximum absolute atomic E-state index is 12.2. The van der Waals surface area contributed by atoms with Crippen LogP contribution in [-0.4, -0.2) is 31.6 Å². The molecule has 1 amide bonds. The molecular weight excluding hydrogens is 406 g/mol. The fraction of sp³-hybridized carbons (Fsp3) is 0.143. The van der Waals surface area contributed by atoms with Gasteiger partial charge >= 0.3 is 0 Å². The summed E-state index contributed by atoms with van der Waals surface area (Å²) >= 11 is 1.56. The van der Waals surface area contributed by atoms with Crippen molar-refractivity contribution in [3.8, 4) is 10.6 Å². The van der Waals surface area contributed by atoms with Crippen molar-refractivity contribution in [2.45, 2.75) is 6.42 Å². The first kappa shape index (κ1) is 19.4. The van der Waals surface area contributed by atoms with Crippen molar-refractivity contribution in [1.82, 2.24) is 4.98 Å². The third-order valence-electron chi connectivity index (χ3n) is 4.54. The molecular formula is C21H19N3O3S2. The minimum absolute atomic E-state index is 0.194. The molecule has 1 aliphatic rings. The van der Waals surface area contributed by atoms with Crippen molar-refractivity contribution in [3.63, 3.8) is 0 Å². The van der Waals surface area contributed by atoms with Crippen LogP contribution < -0.4 is 9.62 Å². The molecule has 4 rings (SSSR count). The summed E-state index contributed by atoms with van der Waals surface area (Å²) in [6.07, 6.45) is 5.56. The predicted octanol–water partition coefficient (Wildman–Crippen LogP) is 4.00. The van der Waals surface area contributed by atoms with Crippen LogP contribution >= 0.6 is 11.3 Å². The Morgan fingerprint density at radius 3 is 2.48 bits per heavy atom. The lowest BCUT2D eigenvalue weighted by molar-refractivity contribution is -0.111. The van der Waals surface area contributed by atoms with Gasteiger partial charge in [0, 0.05) is 35.4 Å². The first-order valence-electron chi connectivity index (χ1n) is 9.11. The molecule has 1 aliphatic heterocycles.